The van der Waals surface area contributed by atoms with E-state index in [-0.39, 0.29) is 23.3 Å². The molecule has 1 rings (SSSR count). The maximum atomic E-state index is 13.4. The van der Waals surface area contributed by atoms with Crippen molar-refractivity contribution >= 4 is 6.03 Å². The molecule has 5 nitrogen and oxygen atoms in total. The second kappa shape index (κ2) is 8.99. The lowest BCUT2D eigenvalue weighted by atomic mass is 9.87. The number of rotatable bonds is 8. The number of halogens is 1. The van der Waals surface area contributed by atoms with Gasteiger partial charge in [-0.3, -0.25) is 0 Å². The lowest BCUT2D eigenvalue weighted by Crippen LogP contribution is -2.44. The molecule has 0 bridgehead atoms. The molecule has 0 aromatic heterocycles. The molecule has 2 amide bonds. The maximum Gasteiger partial charge on any atom is 0.314 e. The molecule has 3 N–H and O–H groups in total. The second-order valence-electron chi connectivity index (χ2n) is 7.32. The van der Waals surface area contributed by atoms with E-state index in [4.69, 9.17) is 0 Å². The number of likely N-dealkylation sites (N-methyl/N-ethyl adjacent to an activating group) is 1. The van der Waals surface area contributed by atoms with Crippen molar-refractivity contribution < 1.29 is 14.3 Å². The van der Waals surface area contributed by atoms with E-state index in [1.807, 2.05) is 38.9 Å². The Morgan fingerprint density at radius 3 is 2.54 bits per heavy atom. The molecule has 2 atom stereocenters. The van der Waals surface area contributed by atoms with Gasteiger partial charge in [-0.25, -0.2) is 9.18 Å². The summed E-state index contributed by atoms with van der Waals surface area (Å²) in [5.41, 5.74) is 0.629. The summed E-state index contributed by atoms with van der Waals surface area (Å²) in [5.74, 6) is -0.288. The summed E-state index contributed by atoms with van der Waals surface area (Å²) in [6.07, 6.45) is 0.202. The summed E-state index contributed by atoms with van der Waals surface area (Å²) in [6, 6.07) is 6.02. The minimum atomic E-state index is -0.407. The first-order valence-electron chi connectivity index (χ1n) is 8.22. The topological polar surface area (TPSA) is 64.6 Å². The monoisotopic (exact) mass is 339 g/mol. The van der Waals surface area contributed by atoms with Crippen LogP contribution in [0.4, 0.5) is 9.18 Å². The van der Waals surface area contributed by atoms with Crippen LogP contribution in [-0.4, -0.2) is 49.3 Å². The third-order valence-corrected chi connectivity index (χ3v) is 3.89. The van der Waals surface area contributed by atoms with Crippen molar-refractivity contribution in [2.75, 3.05) is 27.2 Å². The lowest BCUT2D eigenvalue weighted by Gasteiger charge is -2.28. The second-order valence-corrected chi connectivity index (χ2v) is 7.32. The number of nitrogens with zero attached hydrogens (tertiary/aromatic N) is 1. The molecule has 1 aromatic rings. The molecule has 0 aliphatic heterocycles. The summed E-state index contributed by atoms with van der Waals surface area (Å²) in [6.45, 7) is 6.57. The van der Waals surface area contributed by atoms with E-state index < -0.39 is 6.10 Å². The smallest absolute Gasteiger partial charge is 0.314 e. The van der Waals surface area contributed by atoms with Gasteiger partial charge in [0, 0.05) is 13.1 Å². The Balaban J connectivity index is 2.54. The van der Waals surface area contributed by atoms with Gasteiger partial charge in [-0.2, -0.15) is 0 Å². The highest BCUT2D eigenvalue weighted by Crippen LogP contribution is 2.21. The molecular formula is C18H30FN3O2. The van der Waals surface area contributed by atoms with Crippen LogP contribution >= 0.6 is 0 Å². The Bertz CT molecular complexity index is 533. The largest absolute Gasteiger partial charge is 0.393 e. The molecule has 136 valence electrons. The van der Waals surface area contributed by atoms with Gasteiger partial charge in [0.15, 0.2) is 0 Å². The van der Waals surface area contributed by atoms with Gasteiger partial charge >= 0.3 is 6.03 Å². The van der Waals surface area contributed by atoms with Gasteiger partial charge < -0.3 is 20.6 Å². The molecule has 0 fully saturated rings. The molecule has 6 heteroatoms. The highest BCUT2D eigenvalue weighted by Gasteiger charge is 2.21. The Labute approximate surface area is 144 Å². The average molecular weight is 339 g/mol. The summed E-state index contributed by atoms with van der Waals surface area (Å²) in [5, 5.41) is 15.1. The van der Waals surface area contributed by atoms with E-state index in [1.165, 1.54) is 12.1 Å². The Morgan fingerprint density at radius 1 is 1.33 bits per heavy atom. The zero-order chi connectivity index (χ0) is 18.3. The number of amides is 2. The first-order chi connectivity index (χ1) is 11.1. The normalized spacial score (nSPS) is 14.3. The summed E-state index contributed by atoms with van der Waals surface area (Å²) in [7, 11) is 3.78. The SMILES string of the molecule is CC(O)CC(C)(C)CNC(=O)NCC(c1cccc(F)c1)N(C)C. The van der Waals surface area contributed by atoms with Crippen LogP contribution in [0.15, 0.2) is 24.3 Å². The van der Waals surface area contributed by atoms with Gasteiger partial charge in [-0.15, -0.1) is 0 Å². The third kappa shape index (κ3) is 7.27. The minimum absolute atomic E-state index is 0.114. The number of carbonyl (C=O) groups excluding carboxylic acids is 1. The van der Waals surface area contributed by atoms with E-state index >= 15 is 0 Å². The van der Waals surface area contributed by atoms with E-state index in [2.05, 4.69) is 10.6 Å². The van der Waals surface area contributed by atoms with Crippen LogP contribution in [0.3, 0.4) is 0 Å². The van der Waals surface area contributed by atoms with E-state index in [1.54, 1.807) is 13.0 Å². The van der Waals surface area contributed by atoms with Crippen LogP contribution in [-0.2, 0) is 0 Å². The van der Waals surface area contributed by atoms with Crippen molar-refractivity contribution in [1.29, 1.82) is 0 Å². The molecule has 1 aromatic carbocycles. The van der Waals surface area contributed by atoms with Crippen molar-refractivity contribution in [2.45, 2.75) is 39.3 Å². The molecule has 0 spiro atoms. The molecule has 0 radical (unpaired) electrons. The summed E-state index contributed by atoms with van der Waals surface area (Å²) in [4.78, 5) is 14.0. The Hall–Kier alpha value is -1.66. The fourth-order valence-electron chi connectivity index (χ4n) is 2.76. The first kappa shape index (κ1) is 20.4. The van der Waals surface area contributed by atoms with Gasteiger partial charge in [-0.1, -0.05) is 26.0 Å². The number of benzene rings is 1. The minimum Gasteiger partial charge on any atom is -0.393 e. The number of aliphatic hydroxyl groups excluding tert-OH is 1. The first-order valence-corrected chi connectivity index (χ1v) is 8.22. The predicted octanol–water partition coefficient (Wildman–Crippen LogP) is 2.52. The van der Waals surface area contributed by atoms with E-state index in [0.29, 0.717) is 19.5 Å². The van der Waals surface area contributed by atoms with Crippen molar-refractivity contribution in [3.05, 3.63) is 35.6 Å². The number of nitrogens with one attached hydrogen (secondary N) is 2. The van der Waals surface area contributed by atoms with Crippen LogP contribution in [0.2, 0.25) is 0 Å². The number of hydrogen-bond acceptors (Lipinski definition) is 3. The zero-order valence-corrected chi connectivity index (χ0v) is 15.3. The van der Waals surface area contributed by atoms with Gasteiger partial charge in [0.2, 0.25) is 0 Å². The van der Waals surface area contributed by atoms with Gasteiger partial charge in [0.05, 0.1) is 12.1 Å². The number of aliphatic hydroxyl groups is 1. The summed E-state index contributed by atoms with van der Waals surface area (Å²) < 4.78 is 13.4. The average Bonchev–Trinajstić information content (AvgIpc) is 2.44. The van der Waals surface area contributed by atoms with E-state index in [9.17, 15) is 14.3 Å². The standard InChI is InChI=1S/C18H30FN3O2/c1-13(23)10-18(2,3)12-21-17(24)20-11-16(22(4)5)14-7-6-8-15(19)9-14/h6-9,13,16,23H,10-12H2,1-5H3,(H2,20,21,24). The molecule has 0 aliphatic carbocycles. The lowest BCUT2D eigenvalue weighted by molar-refractivity contribution is 0.128. The summed E-state index contributed by atoms with van der Waals surface area (Å²) >= 11 is 0. The molecule has 0 heterocycles. The molecule has 24 heavy (non-hydrogen) atoms. The van der Waals surface area contributed by atoms with Crippen molar-refractivity contribution in [1.82, 2.24) is 15.5 Å². The molecule has 2 unspecified atom stereocenters. The number of carbonyl (C=O) groups is 1. The van der Waals surface area contributed by atoms with Crippen molar-refractivity contribution in [3.8, 4) is 0 Å². The fraction of sp³-hybridized carbons (Fsp3) is 0.611. The number of hydrogen-bond donors (Lipinski definition) is 3. The van der Waals surface area contributed by atoms with Crippen molar-refractivity contribution in [2.24, 2.45) is 5.41 Å². The van der Waals surface area contributed by atoms with Crippen LogP contribution in [0.1, 0.15) is 38.8 Å². The Kier molecular flexibility index (Phi) is 7.63. The maximum absolute atomic E-state index is 13.4. The molecule has 0 saturated carbocycles. The van der Waals surface area contributed by atoms with E-state index in [0.717, 1.165) is 5.56 Å². The third-order valence-electron chi connectivity index (χ3n) is 3.89. The van der Waals surface area contributed by atoms with Gasteiger partial charge in [-0.05, 0) is 50.6 Å². The number of urea groups is 1. The van der Waals surface area contributed by atoms with Crippen LogP contribution in [0.25, 0.3) is 0 Å². The van der Waals surface area contributed by atoms with Gasteiger partial charge in [0.25, 0.3) is 0 Å². The van der Waals surface area contributed by atoms with Crippen LogP contribution in [0, 0.1) is 11.2 Å². The highest BCUT2D eigenvalue weighted by molar-refractivity contribution is 5.73. The van der Waals surface area contributed by atoms with Crippen LogP contribution < -0.4 is 10.6 Å². The molecule has 0 aliphatic rings. The molecule has 0 saturated heterocycles. The highest BCUT2D eigenvalue weighted by atomic mass is 19.1. The van der Waals surface area contributed by atoms with Crippen molar-refractivity contribution in [3.63, 3.8) is 0 Å². The zero-order valence-electron chi connectivity index (χ0n) is 15.3. The van der Waals surface area contributed by atoms with Crippen LogP contribution in [0.5, 0.6) is 0 Å². The van der Waals surface area contributed by atoms with Gasteiger partial charge in [0.1, 0.15) is 5.82 Å². The quantitative estimate of drug-likeness (QED) is 0.682. The Morgan fingerprint density at radius 2 is 2.00 bits per heavy atom. The predicted molar refractivity (Wildman–Crippen MR) is 94.3 cm³/mol. The molecular weight excluding hydrogens is 309 g/mol. The fourth-order valence-corrected chi connectivity index (χ4v) is 2.76.